The van der Waals surface area contributed by atoms with E-state index in [1.165, 1.54) is 10.5 Å². The molecule has 20 heavy (non-hydrogen) atoms. The molecule has 2 aromatic rings. The van der Waals surface area contributed by atoms with Crippen LogP contribution in [0.5, 0.6) is 5.75 Å². The molecule has 3 heteroatoms. The van der Waals surface area contributed by atoms with Gasteiger partial charge in [-0.05, 0) is 62.1 Å². The predicted octanol–water partition coefficient (Wildman–Crippen LogP) is 4.98. The number of benzene rings is 2. The molecular weight excluding hydrogens is 266 g/mol. The number of thioether (sulfide) groups is 1. The Morgan fingerprint density at radius 2 is 1.70 bits per heavy atom. The summed E-state index contributed by atoms with van der Waals surface area (Å²) in [7, 11) is 0. The van der Waals surface area contributed by atoms with Crippen molar-refractivity contribution in [3.05, 3.63) is 54.1 Å². The number of anilines is 1. The quantitative estimate of drug-likeness (QED) is 0.757. The molecule has 0 bridgehead atoms. The fourth-order valence-corrected chi connectivity index (χ4v) is 2.45. The molecular formula is C17H21NOS. The second-order valence-corrected chi connectivity index (χ2v) is 5.48. The van der Waals surface area contributed by atoms with Gasteiger partial charge in [-0.25, -0.2) is 0 Å². The van der Waals surface area contributed by atoms with E-state index in [9.17, 15) is 0 Å². The van der Waals surface area contributed by atoms with Crippen LogP contribution in [0.2, 0.25) is 0 Å². The van der Waals surface area contributed by atoms with Crippen LogP contribution in [-0.2, 0) is 0 Å². The molecule has 2 rings (SSSR count). The molecule has 1 N–H and O–H groups in total. The fourth-order valence-electron chi connectivity index (χ4n) is 2.04. The highest BCUT2D eigenvalue weighted by Crippen LogP contribution is 2.23. The minimum atomic E-state index is 0.281. The minimum Gasteiger partial charge on any atom is -0.494 e. The van der Waals surface area contributed by atoms with Gasteiger partial charge in [0.2, 0.25) is 0 Å². The van der Waals surface area contributed by atoms with Crippen LogP contribution in [0, 0.1) is 0 Å². The van der Waals surface area contributed by atoms with Gasteiger partial charge < -0.3 is 10.1 Å². The molecule has 106 valence electrons. The normalized spacial score (nSPS) is 11.9. The predicted molar refractivity (Wildman–Crippen MR) is 87.9 cm³/mol. The topological polar surface area (TPSA) is 21.3 Å². The van der Waals surface area contributed by atoms with Crippen molar-refractivity contribution in [2.24, 2.45) is 0 Å². The monoisotopic (exact) mass is 287 g/mol. The molecule has 1 atom stereocenters. The molecule has 0 amide bonds. The highest BCUT2D eigenvalue weighted by Gasteiger charge is 2.05. The van der Waals surface area contributed by atoms with Gasteiger partial charge in [-0.15, -0.1) is 11.8 Å². The van der Waals surface area contributed by atoms with Crippen molar-refractivity contribution in [2.45, 2.75) is 24.8 Å². The Kier molecular flexibility index (Phi) is 5.36. The number of hydrogen-bond acceptors (Lipinski definition) is 3. The van der Waals surface area contributed by atoms with Crippen LogP contribution >= 0.6 is 11.8 Å². The van der Waals surface area contributed by atoms with Crippen molar-refractivity contribution < 1.29 is 4.74 Å². The van der Waals surface area contributed by atoms with Crippen molar-refractivity contribution in [2.75, 3.05) is 18.2 Å². The SMILES string of the molecule is CCOc1ccc(NC(C)c2ccc(SC)cc2)cc1. The molecule has 0 saturated carbocycles. The van der Waals surface area contributed by atoms with Gasteiger partial charge in [-0.2, -0.15) is 0 Å². The Morgan fingerprint density at radius 1 is 1.05 bits per heavy atom. The standard InChI is InChI=1S/C17H21NOS/c1-4-19-16-9-7-15(8-10-16)18-13(2)14-5-11-17(20-3)12-6-14/h5-13,18H,4H2,1-3H3. The van der Waals surface area contributed by atoms with Crippen molar-refractivity contribution in [3.63, 3.8) is 0 Å². The van der Waals surface area contributed by atoms with Gasteiger partial charge in [0.1, 0.15) is 5.75 Å². The third-order valence-corrected chi connectivity index (χ3v) is 3.91. The van der Waals surface area contributed by atoms with E-state index in [1.54, 1.807) is 11.8 Å². The highest BCUT2D eigenvalue weighted by atomic mass is 32.2. The molecule has 2 nitrogen and oxygen atoms in total. The van der Waals surface area contributed by atoms with Gasteiger partial charge in [0.05, 0.1) is 6.61 Å². The summed E-state index contributed by atoms with van der Waals surface area (Å²) in [5, 5.41) is 3.50. The van der Waals surface area contributed by atoms with E-state index >= 15 is 0 Å². The molecule has 2 aromatic carbocycles. The summed E-state index contributed by atoms with van der Waals surface area (Å²) in [5.41, 5.74) is 2.39. The summed E-state index contributed by atoms with van der Waals surface area (Å²) in [6.07, 6.45) is 2.09. The second-order valence-electron chi connectivity index (χ2n) is 4.60. The molecule has 0 saturated heterocycles. The van der Waals surface area contributed by atoms with Gasteiger partial charge >= 0.3 is 0 Å². The van der Waals surface area contributed by atoms with Crippen LogP contribution in [0.1, 0.15) is 25.5 Å². The average Bonchev–Trinajstić information content (AvgIpc) is 2.49. The van der Waals surface area contributed by atoms with E-state index in [1.807, 2.05) is 19.1 Å². The molecule has 0 fully saturated rings. The summed E-state index contributed by atoms with van der Waals surface area (Å²) >= 11 is 1.77. The Hall–Kier alpha value is -1.61. The first-order chi connectivity index (χ1) is 9.72. The maximum absolute atomic E-state index is 5.45. The lowest BCUT2D eigenvalue weighted by Crippen LogP contribution is -2.06. The Labute approximate surface area is 125 Å². The third-order valence-electron chi connectivity index (χ3n) is 3.16. The van der Waals surface area contributed by atoms with Crippen LogP contribution in [0.15, 0.2) is 53.4 Å². The Morgan fingerprint density at radius 3 is 2.25 bits per heavy atom. The summed E-state index contributed by atoms with van der Waals surface area (Å²) < 4.78 is 5.45. The largest absolute Gasteiger partial charge is 0.494 e. The molecule has 1 unspecified atom stereocenters. The van der Waals surface area contributed by atoms with Gasteiger partial charge in [0.15, 0.2) is 0 Å². The van der Waals surface area contributed by atoms with Crippen LogP contribution < -0.4 is 10.1 Å². The summed E-state index contributed by atoms with van der Waals surface area (Å²) in [5.74, 6) is 0.912. The molecule has 0 aliphatic carbocycles. The van der Waals surface area contributed by atoms with Crippen LogP contribution in [0.3, 0.4) is 0 Å². The van der Waals surface area contributed by atoms with E-state index in [2.05, 4.69) is 54.9 Å². The third kappa shape index (κ3) is 3.94. The van der Waals surface area contributed by atoms with Gasteiger partial charge in [0.25, 0.3) is 0 Å². The van der Waals surface area contributed by atoms with Crippen molar-refractivity contribution >= 4 is 17.4 Å². The lowest BCUT2D eigenvalue weighted by Gasteiger charge is -2.16. The summed E-state index contributed by atoms with van der Waals surface area (Å²) in [6.45, 7) is 4.86. The zero-order valence-corrected chi connectivity index (χ0v) is 13.0. The molecule has 0 heterocycles. The van der Waals surface area contributed by atoms with Gasteiger partial charge in [-0.1, -0.05) is 12.1 Å². The molecule has 0 aliphatic heterocycles. The molecule has 0 aromatic heterocycles. The van der Waals surface area contributed by atoms with E-state index in [-0.39, 0.29) is 6.04 Å². The summed E-state index contributed by atoms with van der Waals surface area (Å²) in [4.78, 5) is 1.29. The molecule has 0 radical (unpaired) electrons. The van der Waals surface area contributed by atoms with E-state index < -0.39 is 0 Å². The number of nitrogens with one attached hydrogen (secondary N) is 1. The fraction of sp³-hybridized carbons (Fsp3) is 0.294. The van der Waals surface area contributed by atoms with Crippen LogP contribution in [0.4, 0.5) is 5.69 Å². The average molecular weight is 287 g/mol. The van der Waals surface area contributed by atoms with Gasteiger partial charge in [-0.3, -0.25) is 0 Å². The first-order valence-corrected chi connectivity index (χ1v) is 8.08. The highest BCUT2D eigenvalue weighted by molar-refractivity contribution is 7.98. The zero-order valence-electron chi connectivity index (χ0n) is 12.2. The molecule has 0 aliphatic rings. The summed E-state index contributed by atoms with van der Waals surface area (Å²) in [6, 6.07) is 17.1. The zero-order chi connectivity index (χ0) is 14.4. The lowest BCUT2D eigenvalue weighted by molar-refractivity contribution is 0.340. The molecule has 0 spiro atoms. The van der Waals surface area contributed by atoms with Gasteiger partial charge in [0, 0.05) is 16.6 Å². The van der Waals surface area contributed by atoms with E-state index in [4.69, 9.17) is 4.74 Å². The van der Waals surface area contributed by atoms with Crippen LogP contribution in [0.25, 0.3) is 0 Å². The minimum absolute atomic E-state index is 0.281. The Bertz CT molecular complexity index is 522. The first-order valence-electron chi connectivity index (χ1n) is 6.86. The first kappa shape index (κ1) is 14.8. The number of rotatable bonds is 6. The van der Waals surface area contributed by atoms with Crippen LogP contribution in [-0.4, -0.2) is 12.9 Å². The number of hydrogen-bond donors (Lipinski definition) is 1. The smallest absolute Gasteiger partial charge is 0.119 e. The maximum Gasteiger partial charge on any atom is 0.119 e. The maximum atomic E-state index is 5.45. The number of ether oxygens (including phenoxy) is 1. The van der Waals surface area contributed by atoms with Crippen molar-refractivity contribution in [1.82, 2.24) is 0 Å². The van der Waals surface area contributed by atoms with E-state index in [0.717, 1.165) is 11.4 Å². The lowest BCUT2D eigenvalue weighted by atomic mass is 10.1. The second kappa shape index (κ2) is 7.25. The van der Waals surface area contributed by atoms with Crippen molar-refractivity contribution in [1.29, 1.82) is 0 Å². The Balaban J connectivity index is 2.00. The van der Waals surface area contributed by atoms with E-state index in [0.29, 0.717) is 6.61 Å². The van der Waals surface area contributed by atoms with Crippen molar-refractivity contribution in [3.8, 4) is 5.75 Å².